The van der Waals surface area contributed by atoms with Crippen molar-refractivity contribution < 1.29 is 0 Å². The molecule has 0 saturated heterocycles. The average Bonchev–Trinajstić information content (AvgIpc) is 2.75. The quantitative estimate of drug-likeness (QED) is 0.589. The molecule has 0 amide bonds. The maximum Gasteiger partial charge on any atom is 0.170 e. The van der Waals surface area contributed by atoms with E-state index >= 15 is 0 Å². The van der Waals surface area contributed by atoms with Crippen LogP contribution < -0.4 is 10.6 Å². The molecular formula is C18H28N2S. The molecule has 0 atom stereocenters. The standard InChI is InChI=1S/C18H28N2S/c1-2-3-8-15-11-13-17(14-12-15)20-18(21)19-16-9-6-4-5-7-10-16/h11-14,16H,2-10H2,1H3,(H2,19,20,21). The molecule has 1 aliphatic carbocycles. The van der Waals surface area contributed by atoms with Gasteiger partial charge < -0.3 is 10.6 Å². The van der Waals surface area contributed by atoms with Crippen molar-refractivity contribution in [2.24, 2.45) is 0 Å². The van der Waals surface area contributed by atoms with Crippen LogP contribution in [0.2, 0.25) is 0 Å². The molecule has 1 aliphatic rings. The van der Waals surface area contributed by atoms with E-state index in [0.717, 1.165) is 10.8 Å². The van der Waals surface area contributed by atoms with Gasteiger partial charge in [0, 0.05) is 11.7 Å². The van der Waals surface area contributed by atoms with Gasteiger partial charge >= 0.3 is 0 Å². The predicted molar refractivity (Wildman–Crippen MR) is 95.9 cm³/mol. The zero-order valence-corrected chi connectivity index (χ0v) is 14.0. The highest BCUT2D eigenvalue weighted by molar-refractivity contribution is 7.80. The Morgan fingerprint density at radius 1 is 1.10 bits per heavy atom. The normalized spacial score (nSPS) is 16.2. The van der Waals surface area contributed by atoms with Crippen molar-refractivity contribution in [1.82, 2.24) is 5.32 Å². The van der Waals surface area contributed by atoms with Crippen LogP contribution >= 0.6 is 12.2 Å². The number of hydrogen-bond acceptors (Lipinski definition) is 1. The first-order valence-electron chi connectivity index (χ1n) is 8.44. The summed E-state index contributed by atoms with van der Waals surface area (Å²) >= 11 is 5.44. The zero-order chi connectivity index (χ0) is 14.9. The number of anilines is 1. The Hall–Kier alpha value is -1.09. The molecule has 116 valence electrons. The van der Waals surface area contributed by atoms with Crippen molar-refractivity contribution >= 4 is 23.0 Å². The van der Waals surface area contributed by atoms with E-state index in [1.807, 2.05) is 0 Å². The molecule has 0 aromatic heterocycles. The summed E-state index contributed by atoms with van der Waals surface area (Å²) in [5.41, 5.74) is 2.49. The monoisotopic (exact) mass is 304 g/mol. The van der Waals surface area contributed by atoms with Gasteiger partial charge in [-0.15, -0.1) is 0 Å². The molecule has 1 fully saturated rings. The van der Waals surface area contributed by atoms with Crippen LogP contribution in [0, 0.1) is 0 Å². The molecular weight excluding hydrogens is 276 g/mol. The third kappa shape index (κ3) is 6.04. The molecule has 2 nitrogen and oxygen atoms in total. The largest absolute Gasteiger partial charge is 0.360 e. The van der Waals surface area contributed by atoms with Crippen molar-refractivity contribution in [3.63, 3.8) is 0 Å². The van der Waals surface area contributed by atoms with E-state index in [0.29, 0.717) is 6.04 Å². The maximum absolute atomic E-state index is 5.44. The van der Waals surface area contributed by atoms with Gasteiger partial charge in [0.05, 0.1) is 0 Å². The summed E-state index contributed by atoms with van der Waals surface area (Å²) in [6, 6.07) is 9.22. The summed E-state index contributed by atoms with van der Waals surface area (Å²) in [4.78, 5) is 0. The molecule has 0 radical (unpaired) electrons. The summed E-state index contributed by atoms with van der Waals surface area (Å²) < 4.78 is 0. The van der Waals surface area contributed by atoms with Crippen LogP contribution in [-0.4, -0.2) is 11.2 Å². The molecule has 0 unspecified atom stereocenters. The van der Waals surface area contributed by atoms with Crippen LogP contribution in [0.25, 0.3) is 0 Å². The van der Waals surface area contributed by atoms with Crippen molar-refractivity contribution in [2.75, 3.05) is 5.32 Å². The van der Waals surface area contributed by atoms with Gasteiger partial charge in [-0.05, 0) is 55.6 Å². The molecule has 0 aliphatic heterocycles. The first kappa shape index (κ1) is 16.3. The van der Waals surface area contributed by atoms with Gasteiger partial charge in [-0.2, -0.15) is 0 Å². The van der Waals surface area contributed by atoms with E-state index in [4.69, 9.17) is 12.2 Å². The summed E-state index contributed by atoms with van der Waals surface area (Å²) in [5.74, 6) is 0. The van der Waals surface area contributed by atoms with Crippen molar-refractivity contribution in [1.29, 1.82) is 0 Å². The molecule has 0 heterocycles. The second-order valence-corrected chi connectivity index (χ2v) is 6.50. The van der Waals surface area contributed by atoms with E-state index in [2.05, 4.69) is 41.8 Å². The molecule has 0 spiro atoms. The van der Waals surface area contributed by atoms with E-state index < -0.39 is 0 Å². The summed E-state index contributed by atoms with van der Waals surface area (Å²) in [6.45, 7) is 2.23. The van der Waals surface area contributed by atoms with Gasteiger partial charge in [-0.25, -0.2) is 0 Å². The third-order valence-corrected chi connectivity index (χ3v) is 4.44. The van der Waals surface area contributed by atoms with E-state index in [1.165, 1.54) is 63.4 Å². The minimum atomic E-state index is 0.552. The smallest absolute Gasteiger partial charge is 0.170 e. The minimum Gasteiger partial charge on any atom is -0.360 e. The third-order valence-electron chi connectivity index (χ3n) is 4.22. The number of hydrogen-bond donors (Lipinski definition) is 2. The van der Waals surface area contributed by atoms with Gasteiger partial charge in [0.1, 0.15) is 0 Å². The summed E-state index contributed by atoms with van der Waals surface area (Å²) in [5, 5.41) is 7.56. The molecule has 1 saturated carbocycles. The summed E-state index contributed by atoms with van der Waals surface area (Å²) in [7, 11) is 0. The van der Waals surface area contributed by atoms with E-state index in [-0.39, 0.29) is 0 Å². The second kappa shape index (κ2) is 9.04. The lowest BCUT2D eigenvalue weighted by atomic mass is 10.1. The summed E-state index contributed by atoms with van der Waals surface area (Å²) in [6.07, 6.45) is 11.6. The van der Waals surface area contributed by atoms with Crippen LogP contribution in [0.5, 0.6) is 0 Å². The van der Waals surface area contributed by atoms with Gasteiger partial charge in [-0.3, -0.25) is 0 Å². The molecule has 2 rings (SSSR count). The minimum absolute atomic E-state index is 0.552. The fourth-order valence-corrected chi connectivity index (χ4v) is 3.20. The number of nitrogens with one attached hydrogen (secondary N) is 2. The van der Waals surface area contributed by atoms with Crippen LogP contribution in [0.15, 0.2) is 24.3 Å². The first-order chi connectivity index (χ1) is 10.3. The van der Waals surface area contributed by atoms with Crippen LogP contribution in [0.3, 0.4) is 0 Å². The lowest BCUT2D eigenvalue weighted by Crippen LogP contribution is -2.37. The lowest BCUT2D eigenvalue weighted by molar-refractivity contribution is 0.535. The molecule has 1 aromatic rings. The highest BCUT2D eigenvalue weighted by Gasteiger charge is 2.12. The molecule has 0 bridgehead atoms. The number of aryl methyl sites for hydroxylation is 1. The maximum atomic E-state index is 5.44. The topological polar surface area (TPSA) is 24.1 Å². The Bertz CT molecular complexity index is 419. The lowest BCUT2D eigenvalue weighted by Gasteiger charge is -2.19. The Morgan fingerprint density at radius 3 is 2.38 bits per heavy atom. The molecule has 2 N–H and O–H groups in total. The van der Waals surface area contributed by atoms with E-state index in [1.54, 1.807) is 0 Å². The zero-order valence-electron chi connectivity index (χ0n) is 13.2. The molecule has 21 heavy (non-hydrogen) atoms. The molecule has 1 aromatic carbocycles. The van der Waals surface area contributed by atoms with Crippen LogP contribution in [0.4, 0.5) is 5.69 Å². The van der Waals surface area contributed by atoms with Gasteiger partial charge in [0.15, 0.2) is 5.11 Å². The van der Waals surface area contributed by atoms with Crippen LogP contribution in [0.1, 0.15) is 63.9 Å². The Morgan fingerprint density at radius 2 is 1.76 bits per heavy atom. The highest BCUT2D eigenvalue weighted by Crippen LogP contribution is 2.17. The SMILES string of the molecule is CCCCc1ccc(NC(=S)NC2CCCCCC2)cc1. The van der Waals surface area contributed by atoms with Crippen molar-refractivity contribution in [2.45, 2.75) is 70.8 Å². The number of unbranched alkanes of at least 4 members (excludes halogenated alkanes) is 1. The van der Waals surface area contributed by atoms with Crippen LogP contribution in [-0.2, 0) is 6.42 Å². The predicted octanol–water partition coefficient (Wildman–Crippen LogP) is 5.04. The number of benzene rings is 1. The fraction of sp³-hybridized carbons (Fsp3) is 0.611. The Balaban J connectivity index is 1.78. The number of rotatable bonds is 5. The fourth-order valence-electron chi connectivity index (χ4n) is 2.91. The number of thiocarbonyl (C=S) groups is 1. The van der Waals surface area contributed by atoms with Gasteiger partial charge in [0.2, 0.25) is 0 Å². The second-order valence-electron chi connectivity index (χ2n) is 6.09. The van der Waals surface area contributed by atoms with Crippen molar-refractivity contribution in [3.05, 3.63) is 29.8 Å². The highest BCUT2D eigenvalue weighted by atomic mass is 32.1. The Kier molecular flexibility index (Phi) is 7.01. The van der Waals surface area contributed by atoms with Crippen molar-refractivity contribution in [3.8, 4) is 0 Å². The van der Waals surface area contributed by atoms with E-state index in [9.17, 15) is 0 Å². The first-order valence-corrected chi connectivity index (χ1v) is 8.85. The average molecular weight is 305 g/mol. The Labute approximate surface area is 134 Å². The van der Waals surface area contributed by atoms with Gasteiger partial charge in [-0.1, -0.05) is 51.2 Å². The van der Waals surface area contributed by atoms with Gasteiger partial charge in [0.25, 0.3) is 0 Å². The molecule has 3 heteroatoms.